The largest absolute Gasteiger partial charge is 0.573 e. The van der Waals surface area contributed by atoms with Crippen LogP contribution in [-0.2, 0) is 13.2 Å². The summed E-state index contributed by atoms with van der Waals surface area (Å²) in [4.78, 5) is 19.0. The number of ether oxygens (including phenoxy) is 2. The van der Waals surface area contributed by atoms with E-state index in [-0.39, 0.29) is 31.4 Å². The molecule has 5 rings (SSSR count). The Morgan fingerprint density at radius 2 is 1.58 bits per heavy atom. The molecule has 0 fully saturated rings. The van der Waals surface area contributed by atoms with Crippen molar-refractivity contribution in [3.8, 4) is 33.9 Å². The highest BCUT2D eigenvalue weighted by molar-refractivity contribution is 6.03. The molecule has 0 atom stereocenters. The Balaban J connectivity index is 1.39. The van der Waals surface area contributed by atoms with Crippen LogP contribution in [0, 0.1) is 0 Å². The predicted molar refractivity (Wildman–Crippen MR) is 131 cm³/mol. The Kier molecular flexibility index (Phi) is 7.01. The number of nitrogens with zero attached hydrogens (tertiary/aromatic N) is 4. The van der Waals surface area contributed by atoms with Crippen molar-refractivity contribution in [1.29, 1.82) is 0 Å². The number of hydrogen-bond donors (Lipinski definition) is 1. The molecule has 38 heavy (non-hydrogen) atoms. The van der Waals surface area contributed by atoms with Crippen LogP contribution >= 0.6 is 0 Å². The number of hydrogen-bond acceptors (Lipinski definition) is 6. The Morgan fingerprint density at radius 1 is 0.895 bits per heavy atom. The number of β-amino-alcohol motifs (C(OH)–C–C–N with tert-alkyl or cyclic N) is 1. The van der Waals surface area contributed by atoms with Crippen LogP contribution < -0.4 is 9.47 Å². The van der Waals surface area contributed by atoms with E-state index in [0.717, 1.165) is 11.1 Å². The fourth-order valence-corrected chi connectivity index (χ4v) is 4.30. The van der Waals surface area contributed by atoms with Crippen LogP contribution in [-0.4, -0.2) is 56.7 Å². The quantitative estimate of drug-likeness (QED) is 0.364. The fourth-order valence-electron chi connectivity index (χ4n) is 4.30. The molecule has 8 nitrogen and oxygen atoms in total. The summed E-state index contributed by atoms with van der Waals surface area (Å²) in [6, 6.07) is 16.3. The van der Waals surface area contributed by atoms with Crippen LogP contribution in [0.1, 0.15) is 16.1 Å². The van der Waals surface area contributed by atoms with E-state index in [1.165, 1.54) is 24.3 Å². The predicted octanol–water partition coefficient (Wildman–Crippen LogP) is 4.54. The van der Waals surface area contributed by atoms with Gasteiger partial charge in [0.15, 0.2) is 0 Å². The van der Waals surface area contributed by atoms with E-state index in [1.54, 1.807) is 34.1 Å². The van der Waals surface area contributed by atoms with Crippen LogP contribution in [0.5, 0.6) is 11.5 Å². The number of pyridine rings is 1. The maximum atomic E-state index is 13.3. The van der Waals surface area contributed by atoms with Crippen molar-refractivity contribution in [3.05, 3.63) is 84.3 Å². The minimum Gasteiger partial charge on any atom is -0.489 e. The van der Waals surface area contributed by atoms with E-state index in [0.29, 0.717) is 41.4 Å². The number of halogens is 3. The van der Waals surface area contributed by atoms with Crippen LogP contribution in [0.4, 0.5) is 13.2 Å². The molecule has 11 heteroatoms. The van der Waals surface area contributed by atoms with Gasteiger partial charge in [-0.15, -0.1) is 13.2 Å². The van der Waals surface area contributed by atoms with Crippen molar-refractivity contribution in [2.45, 2.75) is 19.5 Å². The molecule has 1 aliphatic rings. The second kappa shape index (κ2) is 10.5. The maximum absolute atomic E-state index is 13.3. The summed E-state index contributed by atoms with van der Waals surface area (Å²) in [7, 11) is 0. The molecule has 0 bridgehead atoms. The Labute approximate surface area is 215 Å². The van der Waals surface area contributed by atoms with E-state index >= 15 is 0 Å². The number of rotatable bonds is 8. The summed E-state index contributed by atoms with van der Waals surface area (Å²) < 4.78 is 48.4. The number of carbonyl (C=O) groups is 1. The van der Waals surface area contributed by atoms with Crippen LogP contribution in [0.25, 0.3) is 22.4 Å². The summed E-state index contributed by atoms with van der Waals surface area (Å²) >= 11 is 0. The molecular weight excluding hydrogens is 501 g/mol. The summed E-state index contributed by atoms with van der Waals surface area (Å²) in [5.74, 6) is 0.0442. The summed E-state index contributed by atoms with van der Waals surface area (Å²) in [6.45, 7) is 1.22. The first-order chi connectivity index (χ1) is 18.3. The van der Waals surface area contributed by atoms with Crippen molar-refractivity contribution in [1.82, 2.24) is 19.7 Å². The summed E-state index contributed by atoms with van der Waals surface area (Å²) in [5.41, 5.74) is 4.03. The number of aromatic nitrogens is 3. The van der Waals surface area contributed by atoms with E-state index in [9.17, 15) is 23.1 Å². The van der Waals surface area contributed by atoms with Crippen molar-refractivity contribution in [2.24, 2.45) is 0 Å². The van der Waals surface area contributed by atoms with Gasteiger partial charge in [0.2, 0.25) is 0 Å². The van der Waals surface area contributed by atoms with Crippen molar-refractivity contribution < 1.29 is 32.5 Å². The summed E-state index contributed by atoms with van der Waals surface area (Å²) in [5, 5.41) is 14.1. The molecule has 0 aliphatic carbocycles. The number of aliphatic hydroxyl groups is 1. The van der Waals surface area contributed by atoms with Crippen molar-refractivity contribution >= 4 is 5.91 Å². The van der Waals surface area contributed by atoms with Gasteiger partial charge in [0, 0.05) is 36.6 Å². The van der Waals surface area contributed by atoms with Gasteiger partial charge < -0.3 is 19.5 Å². The molecule has 0 unspecified atom stereocenters. The standard InChI is InChI=1S/C27H23F3N4O4/c28-27(29,30)38-22-5-1-18(2-6-22)17-37-21-7-3-19(4-8-21)23-24(20-9-11-31-12-10-20)32-34-14-13-33(15-16-35)26(36)25(23)34/h1-12,35H,13-17H2. The molecule has 1 amide bonds. The van der Waals surface area contributed by atoms with Gasteiger partial charge in [0.1, 0.15) is 29.5 Å². The Bertz CT molecular complexity index is 1410. The topological polar surface area (TPSA) is 89.7 Å². The second-order valence-electron chi connectivity index (χ2n) is 8.55. The number of fused-ring (bicyclic) bond motifs is 1. The molecule has 3 heterocycles. The van der Waals surface area contributed by atoms with E-state index < -0.39 is 6.36 Å². The van der Waals surface area contributed by atoms with Crippen LogP contribution in [0.3, 0.4) is 0 Å². The zero-order valence-corrected chi connectivity index (χ0v) is 20.1. The van der Waals surface area contributed by atoms with Gasteiger partial charge in [-0.3, -0.25) is 14.5 Å². The lowest BCUT2D eigenvalue weighted by Crippen LogP contribution is -2.42. The Morgan fingerprint density at radius 3 is 2.24 bits per heavy atom. The number of benzene rings is 2. The fraction of sp³-hybridized carbons (Fsp3) is 0.222. The molecular formula is C27H23F3N4O4. The SMILES string of the molecule is O=C1c2c(-c3ccc(OCc4ccc(OC(F)(F)F)cc4)cc3)c(-c3ccncc3)nn2CCN1CCO. The smallest absolute Gasteiger partial charge is 0.489 e. The highest BCUT2D eigenvalue weighted by Gasteiger charge is 2.32. The molecule has 0 spiro atoms. The highest BCUT2D eigenvalue weighted by atomic mass is 19.4. The zero-order chi connectivity index (χ0) is 26.7. The number of carbonyl (C=O) groups excluding carboxylic acids is 1. The second-order valence-corrected chi connectivity index (χ2v) is 8.55. The van der Waals surface area contributed by atoms with E-state index in [1.807, 2.05) is 24.3 Å². The van der Waals surface area contributed by atoms with Crippen molar-refractivity contribution in [3.63, 3.8) is 0 Å². The van der Waals surface area contributed by atoms with Gasteiger partial charge in [-0.2, -0.15) is 5.10 Å². The first-order valence-electron chi connectivity index (χ1n) is 11.8. The van der Waals surface area contributed by atoms with Crippen molar-refractivity contribution in [2.75, 3.05) is 19.7 Å². The molecule has 2 aromatic carbocycles. The normalized spacial score (nSPS) is 13.4. The van der Waals surface area contributed by atoms with Gasteiger partial charge in [-0.05, 0) is 47.5 Å². The average Bonchev–Trinajstić information content (AvgIpc) is 3.30. The molecule has 0 saturated carbocycles. The summed E-state index contributed by atoms with van der Waals surface area (Å²) in [6.07, 6.45) is -1.42. The van der Waals surface area contributed by atoms with Gasteiger partial charge in [-0.1, -0.05) is 24.3 Å². The number of aliphatic hydroxyl groups excluding tert-OH is 1. The van der Waals surface area contributed by atoms with Gasteiger partial charge in [0.25, 0.3) is 5.91 Å². The highest BCUT2D eigenvalue weighted by Crippen LogP contribution is 2.37. The molecule has 0 radical (unpaired) electrons. The Hall–Kier alpha value is -4.38. The monoisotopic (exact) mass is 524 g/mol. The number of amides is 1. The minimum atomic E-state index is -4.74. The minimum absolute atomic E-state index is 0.128. The van der Waals surface area contributed by atoms with Crippen LogP contribution in [0.15, 0.2) is 73.1 Å². The maximum Gasteiger partial charge on any atom is 0.573 e. The molecule has 1 aliphatic heterocycles. The molecule has 196 valence electrons. The third-order valence-corrected chi connectivity index (χ3v) is 6.05. The molecule has 1 N–H and O–H groups in total. The van der Waals surface area contributed by atoms with Gasteiger partial charge in [-0.25, -0.2) is 0 Å². The lowest BCUT2D eigenvalue weighted by molar-refractivity contribution is -0.274. The van der Waals surface area contributed by atoms with Gasteiger partial charge in [0.05, 0.1) is 13.2 Å². The third-order valence-electron chi connectivity index (χ3n) is 6.05. The molecule has 0 saturated heterocycles. The van der Waals surface area contributed by atoms with Gasteiger partial charge >= 0.3 is 6.36 Å². The lowest BCUT2D eigenvalue weighted by atomic mass is 9.98. The molecule has 2 aromatic heterocycles. The zero-order valence-electron chi connectivity index (χ0n) is 20.1. The average molecular weight is 524 g/mol. The van der Waals surface area contributed by atoms with Crippen LogP contribution in [0.2, 0.25) is 0 Å². The first-order valence-corrected chi connectivity index (χ1v) is 11.8. The van der Waals surface area contributed by atoms with E-state index in [4.69, 9.17) is 9.84 Å². The lowest BCUT2D eigenvalue weighted by Gasteiger charge is -2.27. The number of alkyl halides is 3. The first kappa shape index (κ1) is 25.3. The third kappa shape index (κ3) is 5.47. The van der Waals surface area contributed by atoms with E-state index in [2.05, 4.69) is 9.72 Å². The molecule has 4 aromatic rings.